The van der Waals surface area contributed by atoms with Crippen LogP contribution in [0.25, 0.3) is 0 Å². The SMILES string of the molecule is CCC(C)C(N)C(=O)NC(Cc1ccccc1)C(=O)NC(C(=O)NC(CC(N)=O)C(=O)NC(CO)C(=O)O)C(C)O. The molecule has 0 aliphatic heterocycles. The van der Waals surface area contributed by atoms with Crippen LogP contribution in [0, 0.1) is 5.92 Å². The molecule has 0 aliphatic rings. The number of carboxylic acid groups (broad SMARTS) is 1. The highest BCUT2D eigenvalue weighted by atomic mass is 16.4. The second-order valence-corrected chi connectivity index (χ2v) is 9.70. The lowest BCUT2D eigenvalue weighted by atomic mass is 9.98. The number of rotatable bonds is 17. The summed E-state index contributed by atoms with van der Waals surface area (Å²) in [6, 6.07) is 1.47. The zero-order valence-corrected chi connectivity index (χ0v) is 23.2. The van der Waals surface area contributed by atoms with Gasteiger partial charge >= 0.3 is 5.97 Å². The first-order valence-electron chi connectivity index (χ1n) is 13.0. The van der Waals surface area contributed by atoms with Gasteiger partial charge in [-0.25, -0.2) is 4.79 Å². The molecule has 1 aromatic rings. The van der Waals surface area contributed by atoms with Crippen molar-refractivity contribution in [3.05, 3.63) is 35.9 Å². The Balaban J connectivity index is 3.17. The number of aliphatic carboxylic acids is 1. The number of benzene rings is 1. The Bertz CT molecular complexity index is 1070. The van der Waals surface area contributed by atoms with Gasteiger partial charge in [-0.15, -0.1) is 0 Å². The molecule has 0 aromatic heterocycles. The molecule has 15 nitrogen and oxygen atoms in total. The van der Waals surface area contributed by atoms with E-state index in [1.807, 2.05) is 12.2 Å². The van der Waals surface area contributed by atoms with Gasteiger partial charge in [0.2, 0.25) is 29.5 Å². The van der Waals surface area contributed by atoms with Gasteiger partial charge in [0.1, 0.15) is 24.2 Å². The average molecular weight is 581 g/mol. The van der Waals surface area contributed by atoms with Crippen molar-refractivity contribution in [1.82, 2.24) is 21.3 Å². The third-order valence-corrected chi connectivity index (χ3v) is 6.37. The standard InChI is InChI=1S/C26H40N6O9/c1-4-13(2)20(28)24(38)29-16(10-15-8-6-5-7-9-15)23(37)32-21(14(3)34)25(39)30-17(11-19(27)35)22(36)31-18(12-33)26(40)41/h5-9,13-14,16-18,20-21,33-34H,4,10-12,28H2,1-3H3,(H2,27,35)(H,29,38)(H,30,39)(H,31,36)(H,32,37)(H,40,41). The van der Waals surface area contributed by atoms with Crippen LogP contribution in [0.3, 0.4) is 0 Å². The van der Waals surface area contributed by atoms with Gasteiger partial charge in [0.15, 0.2) is 0 Å². The van der Waals surface area contributed by atoms with Gasteiger partial charge in [-0.3, -0.25) is 24.0 Å². The normalized spacial score (nSPS) is 16.0. The van der Waals surface area contributed by atoms with Crippen molar-refractivity contribution in [2.45, 2.75) is 76.3 Å². The fourth-order valence-electron chi connectivity index (χ4n) is 3.63. The van der Waals surface area contributed by atoms with Crippen molar-refractivity contribution in [2.24, 2.45) is 17.4 Å². The summed E-state index contributed by atoms with van der Waals surface area (Å²) in [5.74, 6) is -6.48. The Labute approximate surface area is 237 Å². The Kier molecular flexibility index (Phi) is 14.4. The maximum Gasteiger partial charge on any atom is 0.328 e. The Hall–Kier alpha value is -4.08. The number of primary amides is 1. The maximum atomic E-state index is 13.3. The molecule has 0 aliphatic carbocycles. The van der Waals surface area contributed by atoms with Crippen LogP contribution in [0.1, 0.15) is 39.2 Å². The first-order valence-corrected chi connectivity index (χ1v) is 13.0. The highest BCUT2D eigenvalue weighted by Crippen LogP contribution is 2.09. The molecule has 7 atom stereocenters. The molecule has 11 N–H and O–H groups in total. The topological polar surface area (TPSA) is 263 Å². The van der Waals surface area contributed by atoms with Crippen LogP contribution in [0.2, 0.25) is 0 Å². The van der Waals surface area contributed by atoms with Gasteiger partial charge in [-0.1, -0.05) is 50.6 Å². The summed E-state index contributed by atoms with van der Waals surface area (Å²) in [4.78, 5) is 74.4. The van der Waals surface area contributed by atoms with Crippen LogP contribution in [0.15, 0.2) is 30.3 Å². The molecular weight excluding hydrogens is 540 g/mol. The molecule has 41 heavy (non-hydrogen) atoms. The quantitative estimate of drug-likeness (QED) is 0.0894. The number of hydrogen-bond acceptors (Lipinski definition) is 9. The lowest BCUT2D eigenvalue weighted by Crippen LogP contribution is -2.61. The van der Waals surface area contributed by atoms with Crippen molar-refractivity contribution in [2.75, 3.05) is 6.61 Å². The minimum Gasteiger partial charge on any atom is -0.480 e. The highest BCUT2D eigenvalue weighted by molar-refractivity contribution is 5.97. The molecule has 1 rings (SSSR count). The fraction of sp³-hybridized carbons (Fsp3) is 0.538. The summed E-state index contributed by atoms with van der Waals surface area (Å²) in [7, 11) is 0. The van der Waals surface area contributed by atoms with Crippen molar-refractivity contribution >= 4 is 35.5 Å². The van der Waals surface area contributed by atoms with Crippen LogP contribution in [0.5, 0.6) is 0 Å². The molecule has 0 saturated heterocycles. The van der Waals surface area contributed by atoms with Gasteiger partial charge in [0.05, 0.1) is 25.2 Å². The van der Waals surface area contributed by atoms with Gasteiger partial charge in [-0.05, 0) is 18.4 Å². The van der Waals surface area contributed by atoms with Gasteiger partial charge in [-0.2, -0.15) is 0 Å². The number of amides is 5. The lowest BCUT2D eigenvalue weighted by Gasteiger charge is -2.28. The number of aliphatic hydroxyl groups excluding tert-OH is 2. The number of aliphatic hydroxyl groups is 2. The second-order valence-electron chi connectivity index (χ2n) is 9.70. The first kappa shape index (κ1) is 34.9. The molecule has 0 saturated carbocycles. The van der Waals surface area contributed by atoms with Gasteiger partial charge < -0.3 is 48.1 Å². The Morgan fingerprint density at radius 1 is 0.829 bits per heavy atom. The van der Waals surface area contributed by atoms with E-state index in [9.17, 15) is 33.9 Å². The summed E-state index contributed by atoms with van der Waals surface area (Å²) in [6.07, 6.45) is -1.64. The summed E-state index contributed by atoms with van der Waals surface area (Å²) in [5, 5.41) is 37.6. The summed E-state index contributed by atoms with van der Waals surface area (Å²) in [6.45, 7) is 3.85. The molecule has 0 radical (unpaired) electrons. The number of nitrogens with one attached hydrogen (secondary N) is 4. The first-order chi connectivity index (χ1) is 19.2. The van der Waals surface area contributed by atoms with Crippen LogP contribution < -0.4 is 32.7 Å². The monoisotopic (exact) mass is 580 g/mol. The van der Waals surface area contributed by atoms with E-state index in [1.54, 1.807) is 37.3 Å². The van der Waals surface area contributed by atoms with Crippen LogP contribution >= 0.6 is 0 Å². The second kappa shape index (κ2) is 16.9. The summed E-state index contributed by atoms with van der Waals surface area (Å²) >= 11 is 0. The van der Waals surface area contributed by atoms with E-state index in [4.69, 9.17) is 21.7 Å². The van der Waals surface area contributed by atoms with E-state index in [2.05, 4.69) is 16.0 Å². The average Bonchev–Trinajstić information content (AvgIpc) is 2.92. The maximum absolute atomic E-state index is 13.3. The molecule has 0 bridgehead atoms. The van der Waals surface area contributed by atoms with E-state index >= 15 is 0 Å². The van der Waals surface area contributed by atoms with Crippen molar-refractivity contribution in [1.29, 1.82) is 0 Å². The Morgan fingerprint density at radius 3 is 1.85 bits per heavy atom. The van der Waals surface area contributed by atoms with Crippen molar-refractivity contribution in [3.63, 3.8) is 0 Å². The third-order valence-electron chi connectivity index (χ3n) is 6.37. The Morgan fingerprint density at radius 2 is 1.37 bits per heavy atom. The van der Waals surface area contributed by atoms with Crippen LogP contribution in [0.4, 0.5) is 0 Å². The van der Waals surface area contributed by atoms with E-state index in [0.717, 1.165) is 0 Å². The molecule has 1 aromatic carbocycles. The number of carboxylic acids is 1. The van der Waals surface area contributed by atoms with Crippen molar-refractivity contribution in [3.8, 4) is 0 Å². The predicted octanol–water partition coefficient (Wildman–Crippen LogP) is -3.13. The number of hydrogen-bond donors (Lipinski definition) is 9. The van der Waals surface area contributed by atoms with Crippen LogP contribution in [-0.2, 0) is 35.2 Å². The van der Waals surface area contributed by atoms with Crippen LogP contribution in [-0.4, -0.2) is 93.7 Å². The van der Waals surface area contributed by atoms with E-state index in [0.29, 0.717) is 12.0 Å². The highest BCUT2D eigenvalue weighted by Gasteiger charge is 2.34. The summed E-state index contributed by atoms with van der Waals surface area (Å²) < 4.78 is 0. The molecular formula is C26H40N6O9. The minimum atomic E-state index is -1.73. The molecule has 0 fully saturated rings. The number of carbonyl (C=O) groups excluding carboxylic acids is 5. The van der Waals surface area contributed by atoms with Gasteiger partial charge in [0, 0.05) is 6.42 Å². The lowest BCUT2D eigenvalue weighted by molar-refractivity contribution is -0.143. The molecule has 228 valence electrons. The van der Waals surface area contributed by atoms with Crippen molar-refractivity contribution < 1.29 is 44.1 Å². The van der Waals surface area contributed by atoms with Gasteiger partial charge in [0.25, 0.3) is 0 Å². The number of nitrogens with two attached hydrogens (primary N) is 2. The molecule has 5 amide bonds. The molecule has 0 spiro atoms. The third kappa shape index (κ3) is 11.5. The largest absolute Gasteiger partial charge is 0.480 e. The predicted molar refractivity (Wildman–Crippen MR) is 146 cm³/mol. The molecule has 15 heteroatoms. The molecule has 7 unspecified atom stereocenters. The van der Waals surface area contributed by atoms with E-state index in [-0.39, 0.29) is 12.3 Å². The molecule has 0 heterocycles. The minimum absolute atomic E-state index is 0.0181. The zero-order chi connectivity index (χ0) is 31.3. The van der Waals surface area contributed by atoms with E-state index in [1.165, 1.54) is 6.92 Å². The smallest absolute Gasteiger partial charge is 0.328 e. The zero-order valence-electron chi connectivity index (χ0n) is 23.2. The van der Waals surface area contributed by atoms with E-state index < -0.39 is 84.8 Å². The fourth-order valence-corrected chi connectivity index (χ4v) is 3.63. The summed E-state index contributed by atoms with van der Waals surface area (Å²) in [5.41, 5.74) is 11.9. The number of carbonyl (C=O) groups is 6.